The van der Waals surface area contributed by atoms with Crippen molar-refractivity contribution in [3.8, 4) is 0 Å². The number of carboxylic acids is 1. The van der Waals surface area contributed by atoms with E-state index in [0.29, 0.717) is 13.0 Å². The molecule has 0 aromatic rings. The largest absolute Gasteiger partial charge is 0.480 e. The van der Waals surface area contributed by atoms with E-state index in [9.17, 15) is 24.3 Å². The summed E-state index contributed by atoms with van der Waals surface area (Å²) in [6.45, 7) is 0.564. The molecule has 7 nitrogen and oxygen atoms in total. The van der Waals surface area contributed by atoms with Crippen molar-refractivity contribution in [2.45, 2.75) is 122 Å². The first-order valence-electron chi connectivity index (χ1n) is 12.9. The molecular formula is C25H44I2N2O5. The van der Waals surface area contributed by atoms with Gasteiger partial charge in [0.15, 0.2) is 3.79 Å². The van der Waals surface area contributed by atoms with Crippen LogP contribution < -0.4 is 10.6 Å². The van der Waals surface area contributed by atoms with Gasteiger partial charge in [0.2, 0.25) is 11.8 Å². The van der Waals surface area contributed by atoms with Crippen LogP contribution >= 0.6 is 45.2 Å². The first-order valence-corrected chi connectivity index (χ1v) is 15.5. The molecule has 0 bridgehead atoms. The van der Waals surface area contributed by atoms with Crippen LogP contribution in [0.4, 0.5) is 0 Å². The van der Waals surface area contributed by atoms with Gasteiger partial charge in [0, 0.05) is 30.2 Å². The van der Waals surface area contributed by atoms with Crippen molar-refractivity contribution >= 4 is 66.8 Å². The number of carbonyl (C=O) groups is 4. The first-order chi connectivity index (χ1) is 16.4. The van der Waals surface area contributed by atoms with Crippen LogP contribution in [0.25, 0.3) is 0 Å². The Bertz CT molecular complexity index is 576. The topological polar surface area (TPSA) is 113 Å². The number of nitrogens with one attached hydrogen (secondary N) is 2. The number of halogens is 2. The molecule has 0 heterocycles. The van der Waals surface area contributed by atoms with Gasteiger partial charge in [-0.1, -0.05) is 99.6 Å². The second-order valence-electron chi connectivity index (χ2n) is 8.84. The fourth-order valence-electron chi connectivity index (χ4n) is 3.75. The van der Waals surface area contributed by atoms with Gasteiger partial charge in [-0.25, -0.2) is 4.79 Å². The van der Waals surface area contributed by atoms with E-state index in [1.165, 1.54) is 64.2 Å². The van der Waals surface area contributed by atoms with Crippen LogP contribution in [0.5, 0.6) is 0 Å². The van der Waals surface area contributed by atoms with Gasteiger partial charge in [-0.05, 0) is 41.9 Å². The van der Waals surface area contributed by atoms with Gasteiger partial charge < -0.3 is 15.7 Å². The summed E-state index contributed by atoms with van der Waals surface area (Å²) in [5.74, 6) is -1.53. The van der Waals surface area contributed by atoms with Crippen molar-refractivity contribution in [1.29, 1.82) is 0 Å². The maximum Gasteiger partial charge on any atom is 0.326 e. The van der Waals surface area contributed by atoms with Gasteiger partial charge >= 0.3 is 5.97 Å². The summed E-state index contributed by atoms with van der Waals surface area (Å²) in [4.78, 5) is 45.9. The third-order valence-electron chi connectivity index (χ3n) is 5.74. The number of hydrogen-bond acceptors (Lipinski definition) is 4. The van der Waals surface area contributed by atoms with Crippen LogP contribution in [0.2, 0.25) is 0 Å². The number of rotatable bonds is 24. The molecule has 0 aliphatic carbocycles. The van der Waals surface area contributed by atoms with Gasteiger partial charge in [-0.2, -0.15) is 0 Å². The zero-order valence-electron chi connectivity index (χ0n) is 20.6. The molecule has 0 unspecified atom stereocenters. The Morgan fingerprint density at radius 3 is 1.50 bits per heavy atom. The van der Waals surface area contributed by atoms with E-state index in [4.69, 9.17) is 0 Å². The Hall–Kier alpha value is -0.460. The van der Waals surface area contributed by atoms with E-state index in [1.54, 1.807) is 0 Å². The molecule has 198 valence electrons. The molecule has 9 heteroatoms. The normalized spacial score (nSPS) is 11.7. The lowest BCUT2D eigenvalue weighted by molar-refractivity contribution is -0.142. The lowest BCUT2D eigenvalue weighted by atomic mass is 10.0. The highest BCUT2D eigenvalue weighted by molar-refractivity contribution is 14.1. The number of hydrogen-bond donors (Lipinski definition) is 3. The predicted molar refractivity (Wildman–Crippen MR) is 154 cm³/mol. The summed E-state index contributed by atoms with van der Waals surface area (Å²) in [5, 5.41) is 14.5. The third-order valence-corrected chi connectivity index (χ3v) is 6.82. The molecule has 34 heavy (non-hydrogen) atoms. The maximum absolute atomic E-state index is 12.0. The number of carboxylic acid groups (broad SMARTS) is 1. The monoisotopic (exact) mass is 706 g/mol. The fraction of sp³-hybridized carbons (Fsp3) is 0.840. The van der Waals surface area contributed by atoms with Crippen molar-refractivity contribution in [1.82, 2.24) is 10.6 Å². The minimum absolute atomic E-state index is 0.0931. The second kappa shape index (κ2) is 24.2. The van der Waals surface area contributed by atoms with Crippen LogP contribution in [0, 0.1) is 0 Å². The number of carbonyl (C=O) groups excluding carboxylic acids is 3. The zero-order chi connectivity index (χ0) is 25.4. The van der Waals surface area contributed by atoms with Crippen molar-refractivity contribution in [2.75, 3.05) is 11.0 Å². The Morgan fingerprint density at radius 1 is 0.647 bits per heavy atom. The molecule has 0 fully saturated rings. The number of aliphatic carboxylic acids is 1. The number of amides is 2. The Morgan fingerprint density at radius 2 is 1.09 bits per heavy atom. The summed E-state index contributed by atoms with van der Waals surface area (Å²) in [6, 6.07) is -1.01. The average molecular weight is 706 g/mol. The van der Waals surface area contributed by atoms with Gasteiger partial charge in [0.25, 0.3) is 0 Å². The Labute approximate surface area is 233 Å². The highest BCUT2D eigenvalue weighted by atomic mass is 127. The minimum atomic E-state index is -1.10. The van der Waals surface area contributed by atoms with Gasteiger partial charge in [0.1, 0.15) is 6.04 Å². The van der Waals surface area contributed by atoms with Crippen LogP contribution in [0.15, 0.2) is 0 Å². The molecule has 0 aliphatic rings. The van der Waals surface area contributed by atoms with Crippen LogP contribution in [0.3, 0.4) is 0 Å². The SMILES string of the molecule is O=C(I)CCCCCCCCCCCCCCCCC(=O)N[C@@H](CCC(=O)NCCI)C(=O)O. The maximum atomic E-state index is 12.0. The van der Waals surface area contributed by atoms with Gasteiger partial charge in [0.05, 0.1) is 0 Å². The average Bonchev–Trinajstić information content (AvgIpc) is 2.79. The van der Waals surface area contributed by atoms with Crippen LogP contribution in [-0.2, 0) is 19.2 Å². The molecule has 0 saturated carbocycles. The predicted octanol–water partition coefficient (Wildman–Crippen LogP) is 6.09. The number of unbranched alkanes of at least 4 members (excludes halogenated alkanes) is 13. The van der Waals surface area contributed by atoms with E-state index < -0.39 is 12.0 Å². The molecule has 2 amide bonds. The lowest BCUT2D eigenvalue weighted by Gasteiger charge is -2.14. The van der Waals surface area contributed by atoms with Crippen molar-refractivity contribution < 1.29 is 24.3 Å². The molecule has 0 aliphatic heterocycles. The lowest BCUT2D eigenvalue weighted by Crippen LogP contribution is -2.41. The van der Waals surface area contributed by atoms with Crippen molar-refractivity contribution in [3.05, 3.63) is 0 Å². The molecule has 0 spiro atoms. The molecule has 0 aromatic carbocycles. The van der Waals surface area contributed by atoms with E-state index >= 15 is 0 Å². The molecule has 0 radical (unpaired) electrons. The third kappa shape index (κ3) is 23.3. The van der Waals surface area contributed by atoms with Crippen molar-refractivity contribution in [2.24, 2.45) is 0 Å². The molecule has 0 saturated heterocycles. The molecule has 3 N–H and O–H groups in total. The molecule has 0 aromatic heterocycles. The smallest absolute Gasteiger partial charge is 0.326 e. The van der Waals surface area contributed by atoms with Crippen LogP contribution in [-0.4, -0.2) is 43.7 Å². The van der Waals surface area contributed by atoms with E-state index in [1.807, 2.05) is 22.6 Å². The summed E-state index contributed by atoms with van der Waals surface area (Å²) in [7, 11) is 0. The van der Waals surface area contributed by atoms with Gasteiger partial charge in [-0.3, -0.25) is 14.4 Å². The molecule has 1 atom stereocenters. The Kier molecular flexibility index (Phi) is 23.9. The van der Waals surface area contributed by atoms with E-state index in [0.717, 1.165) is 36.5 Å². The zero-order valence-corrected chi connectivity index (χ0v) is 24.9. The fourth-order valence-corrected chi connectivity index (χ4v) is 4.40. The summed E-state index contributed by atoms with van der Waals surface area (Å²) in [6.07, 6.45) is 17.7. The van der Waals surface area contributed by atoms with Crippen LogP contribution in [0.1, 0.15) is 116 Å². The van der Waals surface area contributed by atoms with E-state index in [2.05, 4.69) is 33.2 Å². The highest BCUT2D eigenvalue weighted by Gasteiger charge is 2.20. The number of alkyl halides is 1. The second-order valence-corrected chi connectivity index (χ2v) is 11.1. The summed E-state index contributed by atoms with van der Waals surface area (Å²) >= 11 is 4.03. The summed E-state index contributed by atoms with van der Waals surface area (Å²) in [5.41, 5.74) is 0. The highest BCUT2D eigenvalue weighted by Crippen LogP contribution is 2.14. The quantitative estimate of drug-likeness (QED) is 0.0487. The molecular weight excluding hydrogens is 662 g/mol. The minimum Gasteiger partial charge on any atom is -0.480 e. The van der Waals surface area contributed by atoms with Crippen molar-refractivity contribution in [3.63, 3.8) is 0 Å². The van der Waals surface area contributed by atoms with Gasteiger partial charge in [-0.15, -0.1) is 0 Å². The summed E-state index contributed by atoms with van der Waals surface area (Å²) < 4.78 is 1.07. The van der Waals surface area contributed by atoms with E-state index in [-0.39, 0.29) is 28.4 Å². The first kappa shape index (κ1) is 33.5. The molecule has 0 rings (SSSR count). The Balaban J connectivity index is 3.55. The standard InChI is InChI=1S/C25H44I2N2O5/c26-19-20-28-23(31)18-17-21(25(33)34)29-24(32)16-14-12-10-8-6-4-2-1-3-5-7-9-11-13-15-22(27)30/h21H,1-20H2,(H,28,31)(H,29,32)(H,33,34)/t21-/m0/s1.